The van der Waals surface area contributed by atoms with Crippen molar-refractivity contribution in [2.75, 3.05) is 38.2 Å². The first-order valence-electron chi connectivity index (χ1n) is 9.29. The molecule has 1 aromatic heterocycles. The first-order chi connectivity index (χ1) is 12.2. The van der Waals surface area contributed by atoms with Gasteiger partial charge in [-0.3, -0.25) is 0 Å². The number of hydrogen-bond donors (Lipinski definition) is 1. The predicted octanol–water partition coefficient (Wildman–Crippen LogP) is 2.10. The molecule has 1 aliphatic heterocycles. The molecule has 0 unspecified atom stereocenters. The number of anilines is 1. The molecule has 0 bridgehead atoms. The normalized spacial score (nSPS) is 19.1. The van der Waals surface area contributed by atoms with E-state index < -0.39 is 0 Å². The molecule has 0 aromatic carbocycles. The van der Waals surface area contributed by atoms with Gasteiger partial charge in [0.15, 0.2) is 5.82 Å². The van der Waals surface area contributed by atoms with Crippen molar-refractivity contribution in [2.24, 2.45) is 0 Å². The van der Waals surface area contributed by atoms with Gasteiger partial charge in [-0.2, -0.15) is 0 Å². The highest BCUT2D eigenvalue weighted by Gasteiger charge is 2.24. The van der Waals surface area contributed by atoms with Crippen molar-refractivity contribution in [1.82, 2.24) is 20.2 Å². The molecule has 1 saturated carbocycles. The van der Waals surface area contributed by atoms with Crippen molar-refractivity contribution in [2.45, 2.75) is 51.7 Å². The van der Waals surface area contributed by atoms with E-state index >= 15 is 0 Å². The quantitative estimate of drug-likeness (QED) is 0.903. The Balaban J connectivity index is 1.53. The maximum absolute atomic E-state index is 12.5. The van der Waals surface area contributed by atoms with Gasteiger partial charge in [0.05, 0.1) is 0 Å². The van der Waals surface area contributed by atoms with Gasteiger partial charge in [0.1, 0.15) is 12.4 Å². The van der Waals surface area contributed by atoms with Crippen LogP contribution in [-0.2, 0) is 11.3 Å². The molecular formula is C18H29N5O2. The summed E-state index contributed by atoms with van der Waals surface area (Å²) in [6.07, 6.45) is 6.00. The molecule has 2 amide bonds. The monoisotopic (exact) mass is 347 g/mol. The molecule has 25 heavy (non-hydrogen) atoms. The lowest BCUT2D eigenvalue weighted by Crippen LogP contribution is -2.54. The average molecular weight is 347 g/mol. The maximum Gasteiger partial charge on any atom is 0.317 e. The van der Waals surface area contributed by atoms with Gasteiger partial charge in [-0.15, -0.1) is 0 Å². The van der Waals surface area contributed by atoms with Crippen LogP contribution in [0, 0.1) is 6.92 Å². The fraction of sp³-hybridized carbons (Fsp3) is 0.722. The number of urea groups is 1. The van der Waals surface area contributed by atoms with Crippen LogP contribution in [0.1, 0.15) is 43.6 Å². The van der Waals surface area contributed by atoms with Crippen molar-refractivity contribution >= 4 is 11.8 Å². The number of aromatic nitrogens is 2. The first kappa shape index (κ1) is 17.9. The molecular weight excluding hydrogens is 318 g/mol. The van der Waals surface area contributed by atoms with Crippen LogP contribution in [0.4, 0.5) is 10.6 Å². The van der Waals surface area contributed by atoms with Crippen molar-refractivity contribution in [1.29, 1.82) is 0 Å². The average Bonchev–Trinajstić information content (AvgIpc) is 2.62. The van der Waals surface area contributed by atoms with Gasteiger partial charge in [-0.25, -0.2) is 14.8 Å². The summed E-state index contributed by atoms with van der Waals surface area (Å²) in [5, 5.41) is 3.20. The van der Waals surface area contributed by atoms with Crippen LogP contribution in [0.25, 0.3) is 0 Å². The van der Waals surface area contributed by atoms with Crippen LogP contribution >= 0.6 is 0 Å². The summed E-state index contributed by atoms with van der Waals surface area (Å²) >= 11 is 0. The lowest BCUT2D eigenvalue weighted by Gasteiger charge is -2.36. The Hall–Kier alpha value is -1.89. The zero-order valence-corrected chi connectivity index (χ0v) is 15.3. The van der Waals surface area contributed by atoms with Crippen LogP contribution in [-0.4, -0.2) is 60.2 Å². The zero-order valence-electron chi connectivity index (χ0n) is 15.3. The molecule has 0 radical (unpaired) electrons. The third kappa shape index (κ3) is 4.81. The lowest BCUT2D eigenvalue weighted by atomic mass is 9.96. The van der Waals surface area contributed by atoms with Gasteiger partial charge in [0.2, 0.25) is 0 Å². The minimum Gasteiger partial charge on any atom is -0.377 e. The van der Waals surface area contributed by atoms with Gasteiger partial charge in [0.25, 0.3) is 0 Å². The highest BCUT2D eigenvalue weighted by atomic mass is 16.5. The highest BCUT2D eigenvalue weighted by molar-refractivity contribution is 5.74. The standard InChI is InChI=1S/C18H29N5O2/c1-14-12-17(21-16(19-14)13-25-2)22-8-10-23(11-9-22)18(24)20-15-6-4-3-5-7-15/h12,15H,3-11,13H2,1-2H3,(H,20,24). The first-order valence-corrected chi connectivity index (χ1v) is 9.29. The van der Waals surface area contributed by atoms with E-state index in [4.69, 9.17) is 4.74 Å². The Morgan fingerprint density at radius 2 is 1.92 bits per heavy atom. The van der Waals surface area contributed by atoms with E-state index in [9.17, 15) is 4.79 Å². The van der Waals surface area contributed by atoms with Gasteiger partial charge in [-0.1, -0.05) is 19.3 Å². The molecule has 0 atom stereocenters. The molecule has 7 heteroatoms. The van der Waals surface area contributed by atoms with Crippen LogP contribution < -0.4 is 10.2 Å². The summed E-state index contributed by atoms with van der Waals surface area (Å²) in [7, 11) is 1.65. The van der Waals surface area contributed by atoms with Crippen molar-refractivity contribution in [3.8, 4) is 0 Å². The van der Waals surface area contributed by atoms with Gasteiger partial charge in [-0.05, 0) is 19.8 Å². The van der Waals surface area contributed by atoms with E-state index in [-0.39, 0.29) is 6.03 Å². The number of aryl methyl sites for hydroxylation is 1. The third-order valence-electron chi connectivity index (χ3n) is 4.98. The molecule has 1 saturated heterocycles. The Morgan fingerprint density at radius 1 is 1.20 bits per heavy atom. The molecule has 7 nitrogen and oxygen atoms in total. The smallest absolute Gasteiger partial charge is 0.317 e. The molecule has 1 N–H and O–H groups in total. The zero-order chi connectivity index (χ0) is 17.6. The second-order valence-corrected chi connectivity index (χ2v) is 6.98. The number of nitrogens with zero attached hydrogens (tertiary/aromatic N) is 4. The molecule has 2 fully saturated rings. The van der Waals surface area contributed by atoms with E-state index in [0.717, 1.165) is 50.5 Å². The molecule has 1 aromatic rings. The minimum absolute atomic E-state index is 0.0884. The number of carbonyl (C=O) groups excluding carboxylic acids is 1. The fourth-order valence-electron chi connectivity index (χ4n) is 3.62. The summed E-state index contributed by atoms with van der Waals surface area (Å²) in [6.45, 7) is 5.42. The van der Waals surface area contributed by atoms with Crippen molar-refractivity contribution in [3.05, 3.63) is 17.6 Å². The van der Waals surface area contributed by atoms with Crippen LogP contribution in [0.5, 0.6) is 0 Å². The minimum atomic E-state index is 0.0884. The van der Waals surface area contributed by atoms with Crippen LogP contribution in [0.15, 0.2) is 6.07 Å². The number of amides is 2. The third-order valence-corrected chi connectivity index (χ3v) is 4.98. The van der Waals surface area contributed by atoms with Gasteiger partial charge < -0.3 is 19.9 Å². The number of hydrogen-bond acceptors (Lipinski definition) is 5. The number of ether oxygens (including phenoxy) is 1. The van der Waals surface area contributed by atoms with Crippen LogP contribution in [0.2, 0.25) is 0 Å². The summed E-state index contributed by atoms with van der Waals surface area (Å²) in [5.74, 6) is 1.63. The molecule has 2 aliphatic rings. The fourth-order valence-corrected chi connectivity index (χ4v) is 3.62. The second kappa shape index (κ2) is 8.47. The Bertz CT molecular complexity index is 581. The molecule has 138 valence electrons. The van der Waals surface area contributed by atoms with E-state index in [1.54, 1.807) is 7.11 Å². The number of methoxy groups -OCH3 is 1. The SMILES string of the molecule is COCc1nc(C)cc(N2CCN(C(=O)NC3CCCCC3)CC2)n1. The molecule has 2 heterocycles. The topological polar surface area (TPSA) is 70.6 Å². The lowest BCUT2D eigenvalue weighted by molar-refractivity contribution is 0.177. The molecule has 3 rings (SSSR count). The highest BCUT2D eigenvalue weighted by Crippen LogP contribution is 2.19. The number of rotatable bonds is 4. The summed E-state index contributed by atoms with van der Waals surface area (Å²) in [5.41, 5.74) is 0.939. The van der Waals surface area contributed by atoms with Gasteiger partial charge in [0, 0.05) is 51.1 Å². The van der Waals surface area contributed by atoms with Gasteiger partial charge >= 0.3 is 6.03 Å². The summed E-state index contributed by atoms with van der Waals surface area (Å²) in [4.78, 5) is 25.6. The van der Waals surface area contributed by atoms with E-state index in [1.165, 1.54) is 19.3 Å². The van der Waals surface area contributed by atoms with Crippen molar-refractivity contribution < 1.29 is 9.53 Å². The van der Waals surface area contributed by atoms with Crippen LogP contribution in [0.3, 0.4) is 0 Å². The summed E-state index contributed by atoms with van der Waals surface area (Å²) in [6, 6.07) is 2.45. The second-order valence-electron chi connectivity index (χ2n) is 6.98. The largest absolute Gasteiger partial charge is 0.377 e. The van der Waals surface area contributed by atoms with E-state index in [0.29, 0.717) is 18.5 Å². The summed E-state index contributed by atoms with van der Waals surface area (Å²) < 4.78 is 5.14. The molecule has 0 spiro atoms. The van der Waals surface area contributed by atoms with E-state index in [2.05, 4.69) is 20.2 Å². The Labute approximate surface area is 149 Å². The Kier molecular flexibility index (Phi) is 6.07. The molecule has 1 aliphatic carbocycles. The van der Waals surface area contributed by atoms with E-state index in [1.807, 2.05) is 17.9 Å². The predicted molar refractivity (Wildman–Crippen MR) is 96.7 cm³/mol. The number of piperazine rings is 1. The Morgan fingerprint density at radius 3 is 2.60 bits per heavy atom. The van der Waals surface area contributed by atoms with Crippen molar-refractivity contribution in [3.63, 3.8) is 0 Å². The maximum atomic E-state index is 12.5. The number of nitrogens with one attached hydrogen (secondary N) is 1. The number of carbonyl (C=O) groups is 1.